The minimum absolute atomic E-state index is 0.0335. The molecule has 7 nitrogen and oxygen atoms in total. The predicted octanol–water partition coefficient (Wildman–Crippen LogP) is 2.76. The Balaban J connectivity index is 1.51. The van der Waals surface area contributed by atoms with Crippen molar-refractivity contribution in [2.24, 2.45) is 0 Å². The highest BCUT2D eigenvalue weighted by Gasteiger charge is 2.28. The van der Waals surface area contributed by atoms with Gasteiger partial charge in [-0.15, -0.1) is 0 Å². The van der Waals surface area contributed by atoms with Crippen LogP contribution in [-0.2, 0) is 17.6 Å². The molecule has 1 aliphatic rings. The number of carboxylic acids is 1. The van der Waals surface area contributed by atoms with Gasteiger partial charge in [0.1, 0.15) is 6.26 Å². The lowest BCUT2D eigenvalue weighted by atomic mass is 10.0. The van der Waals surface area contributed by atoms with E-state index in [9.17, 15) is 14.7 Å². The van der Waals surface area contributed by atoms with Crippen molar-refractivity contribution < 1.29 is 24.2 Å². The number of likely N-dealkylation sites (tertiary alicyclic amines) is 1. The third kappa shape index (κ3) is 5.77. The van der Waals surface area contributed by atoms with Crippen molar-refractivity contribution in [3.63, 3.8) is 0 Å². The lowest BCUT2D eigenvalue weighted by Gasteiger charge is -2.22. The van der Waals surface area contributed by atoms with Gasteiger partial charge in [-0.05, 0) is 25.3 Å². The SMILES string of the molecule is Cc1cccc(C[C@H](O)C=C[C@H]2CCC(=O)N2CCCc2nc(C(=O)O)co2)c1. The van der Waals surface area contributed by atoms with E-state index in [1.54, 1.807) is 11.0 Å². The van der Waals surface area contributed by atoms with Crippen LogP contribution in [0.5, 0.6) is 0 Å². The van der Waals surface area contributed by atoms with E-state index in [1.165, 1.54) is 0 Å². The molecule has 2 aromatic rings. The average Bonchev–Trinajstić information content (AvgIpc) is 3.28. The first-order chi connectivity index (χ1) is 13.9. The second-order valence-corrected chi connectivity index (χ2v) is 7.37. The van der Waals surface area contributed by atoms with Crippen LogP contribution < -0.4 is 0 Å². The van der Waals surface area contributed by atoms with Crippen LogP contribution in [0.1, 0.15) is 46.8 Å². The summed E-state index contributed by atoms with van der Waals surface area (Å²) >= 11 is 0. The molecule has 2 N–H and O–H groups in total. The van der Waals surface area contributed by atoms with Crippen LogP contribution in [0.4, 0.5) is 0 Å². The van der Waals surface area contributed by atoms with Crippen LogP contribution >= 0.6 is 0 Å². The fourth-order valence-corrected chi connectivity index (χ4v) is 3.58. The number of nitrogens with zero attached hydrogens (tertiary/aromatic N) is 2. The first-order valence-corrected chi connectivity index (χ1v) is 9.81. The van der Waals surface area contributed by atoms with Crippen LogP contribution in [-0.4, -0.2) is 50.7 Å². The van der Waals surface area contributed by atoms with Gasteiger partial charge in [-0.3, -0.25) is 4.79 Å². The highest BCUT2D eigenvalue weighted by Crippen LogP contribution is 2.21. The Morgan fingerprint density at radius 1 is 1.45 bits per heavy atom. The molecule has 29 heavy (non-hydrogen) atoms. The Kier molecular flexibility index (Phi) is 6.82. The van der Waals surface area contributed by atoms with E-state index >= 15 is 0 Å². The molecule has 1 saturated heterocycles. The summed E-state index contributed by atoms with van der Waals surface area (Å²) in [4.78, 5) is 28.7. The highest BCUT2D eigenvalue weighted by molar-refractivity contribution is 5.84. The van der Waals surface area contributed by atoms with Crippen molar-refractivity contribution in [1.29, 1.82) is 0 Å². The molecular weight excluding hydrogens is 372 g/mol. The van der Waals surface area contributed by atoms with Crippen molar-refractivity contribution in [3.05, 3.63) is 65.4 Å². The van der Waals surface area contributed by atoms with Gasteiger partial charge in [-0.25, -0.2) is 9.78 Å². The maximum Gasteiger partial charge on any atom is 0.357 e. The molecule has 0 radical (unpaired) electrons. The molecule has 1 aromatic heterocycles. The number of carbonyl (C=O) groups is 2. The average molecular weight is 398 g/mol. The summed E-state index contributed by atoms with van der Waals surface area (Å²) in [6.07, 6.45) is 7.06. The van der Waals surface area contributed by atoms with Gasteiger partial charge in [0.25, 0.3) is 0 Å². The Morgan fingerprint density at radius 2 is 2.28 bits per heavy atom. The number of aromatic nitrogens is 1. The van der Waals surface area contributed by atoms with Gasteiger partial charge in [-0.1, -0.05) is 42.0 Å². The number of aryl methyl sites for hydroxylation is 2. The summed E-state index contributed by atoms with van der Waals surface area (Å²) in [5, 5.41) is 19.2. The van der Waals surface area contributed by atoms with Crippen molar-refractivity contribution >= 4 is 11.9 Å². The maximum atomic E-state index is 12.2. The quantitative estimate of drug-likeness (QED) is 0.630. The maximum absolute atomic E-state index is 12.2. The largest absolute Gasteiger partial charge is 0.476 e. The Bertz CT molecular complexity index is 889. The van der Waals surface area contributed by atoms with Crippen molar-refractivity contribution in [2.75, 3.05) is 6.54 Å². The summed E-state index contributed by atoms with van der Waals surface area (Å²) in [6, 6.07) is 8.02. The Hall–Kier alpha value is -2.93. The van der Waals surface area contributed by atoms with Crippen molar-refractivity contribution in [2.45, 2.75) is 51.2 Å². The summed E-state index contributed by atoms with van der Waals surface area (Å²) in [5.74, 6) is -0.676. The Morgan fingerprint density at radius 3 is 3.00 bits per heavy atom. The fraction of sp³-hybridized carbons (Fsp3) is 0.409. The second-order valence-electron chi connectivity index (χ2n) is 7.37. The molecule has 0 aliphatic carbocycles. The lowest BCUT2D eigenvalue weighted by molar-refractivity contribution is -0.128. The number of hydrogen-bond donors (Lipinski definition) is 2. The molecule has 154 valence electrons. The number of aromatic carboxylic acids is 1. The fourth-order valence-electron chi connectivity index (χ4n) is 3.58. The van der Waals surface area contributed by atoms with Gasteiger partial charge in [0, 0.05) is 25.8 Å². The van der Waals surface area contributed by atoms with E-state index in [4.69, 9.17) is 9.52 Å². The third-order valence-corrected chi connectivity index (χ3v) is 5.02. The molecule has 0 saturated carbocycles. The molecule has 2 heterocycles. The molecule has 7 heteroatoms. The van der Waals surface area contributed by atoms with Crippen molar-refractivity contribution in [1.82, 2.24) is 9.88 Å². The number of rotatable bonds is 9. The number of carbonyl (C=O) groups excluding carboxylic acids is 1. The topological polar surface area (TPSA) is 104 Å². The molecule has 1 fully saturated rings. The summed E-state index contributed by atoms with van der Waals surface area (Å²) in [7, 11) is 0. The molecule has 1 amide bonds. The van der Waals surface area contributed by atoms with E-state index in [2.05, 4.69) is 11.1 Å². The molecule has 0 unspecified atom stereocenters. The number of amides is 1. The normalized spacial score (nSPS) is 17.9. The lowest BCUT2D eigenvalue weighted by Crippen LogP contribution is -2.33. The van der Waals surface area contributed by atoms with Gasteiger partial charge >= 0.3 is 5.97 Å². The predicted molar refractivity (Wildman–Crippen MR) is 107 cm³/mol. The number of carboxylic acid groups (broad SMARTS) is 1. The van der Waals surface area contributed by atoms with E-state index in [1.807, 2.05) is 31.2 Å². The number of oxazole rings is 1. The van der Waals surface area contributed by atoms with Crippen LogP contribution in [0.2, 0.25) is 0 Å². The van der Waals surface area contributed by atoms with Crippen LogP contribution in [0, 0.1) is 6.92 Å². The van der Waals surface area contributed by atoms with E-state index in [-0.39, 0.29) is 17.6 Å². The third-order valence-electron chi connectivity index (χ3n) is 5.02. The van der Waals surface area contributed by atoms with Gasteiger partial charge < -0.3 is 19.5 Å². The van der Waals surface area contributed by atoms with Gasteiger partial charge in [0.2, 0.25) is 5.91 Å². The van der Waals surface area contributed by atoms with E-state index in [0.29, 0.717) is 38.1 Å². The zero-order chi connectivity index (χ0) is 20.8. The summed E-state index contributed by atoms with van der Waals surface area (Å²) < 4.78 is 5.15. The minimum atomic E-state index is -1.12. The number of aliphatic hydroxyl groups excluding tert-OH is 1. The zero-order valence-electron chi connectivity index (χ0n) is 16.5. The standard InChI is InChI=1S/C22H26N2O5/c1-15-4-2-5-16(12-15)13-18(25)9-7-17-8-10-21(26)24(17)11-3-6-20-23-19(14-29-20)22(27)28/h2,4-5,7,9,12,14,17-18,25H,3,6,8,10-11,13H2,1H3,(H,27,28)/t17-,18+/m0/s1. The molecule has 1 aromatic carbocycles. The number of hydrogen-bond acceptors (Lipinski definition) is 5. The first-order valence-electron chi connectivity index (χ1n) is 9.81. The summed E-state index contributed by atoms with van der Waals surface area (Å²) in [6.45, 7) is 2.56. The van der Waals surface area contributed by atoms with E-state index < -0.39 is 12.1 Å². The Labute approximate surface area is 169 Å². The van der Waals surface area contributed by atoms with Crippen LogP contribution in [0.15, 0.2) is 47.1 Å². The molecule has 0 bridgehead atoms. The monoisotopic (exact) mass is 398 g/mol. The van der Waals surface area contributed by atoms with Crippen LogP contribution in [0.25, 0.3) is 0 Å². The van der Waals surface area contributed by atoms with Gasteiger partial charge in [0.05, 0.1) is 12.1 Å². The second kappa shape index (κ2) is 9.52. The van der Waals surface area contributed by atoms with Crippen LogP contribution in [0.3, 0.4) is 0 Å². The number of aliphatic hydroxyl groups is 1. The molecule has 1 aliphatic heterocycles. The minimum Gasteiger partial charge on any atom is -0.476 e. The highest BCUT2D eigenvalue weighted by atomic mass is 16.4. The molecule has 2 atom stereocenters. The smallest absolute Gasteiger partial charge is 0.357 e. The first kappa shape index (κ1) is 20.8. The molecule has 3 rings (SSSR count). The van der Waals surface area contributed by atoms with Crippen molar-refractivity contribution in [3.8, 4) is 0 Å². The number of benzene rings is 1. The van der Waals surface area contributed by atoms with E-state index in [0.717, 1.165) is 23.8 Å². The molecule has 0 spiro atoms. The van der Waals surface area contributed by atoms with Gasteiger partial charge in [-0.2, -0.15) is 0 Å². The summed E-state index contributed by atoms with van der Waals surface area (Å²) in [5.41, 5.74) is 2.13. The van der Waals surface area contributed by atoms with Gasteiger partial charge in [0.15, 0.2) is 11.6 Å². The zero-order valence-corrected chi connectivity index (χ0v) is 16.5. The molecular formula is C22H26N2O5.